The van der Waals surface area contributed by atoms with Crippen molar-refractivity contribution in [3.05, 3.63) is 47.5 Å². The summed E-state index contributed by atoms with van der Waals surface area (Å²) in [4.78, 5) is 12.5. The van der Waals surface area contributed by atoms with Crippen LogP contribution in [0.2, 0.25) is 0 Å². The summed E-state index contributed by atoms with van der Waals surface area (Å²) in [5, 5.41) is 7.70. The number of hydrogen-bond donors (Lipinski definition) is 1. The largest absolute Gasteiger partial charge is 0.368 e. The van der Waals surface area contributed by atoms with Crippen LogP contribution in [0.5, 0.6) is 0 Å². The molecule has 1 N–H and O–H groups in total. The molecule has 2 aromatic rings. The van der Waals surface area contributed by atoms with Crippen LogP contribution in [-0.4, -0.2) is 28.4 Å². The Labute approximate surface area is 152 Å². The van der Waals surface area contributed by atoms with Crippen molar-refractivity contribution < 1.29 is 13.9 Å². The maximum absolute atomic E-state index is 13.3. The summed E-state index contributed by atoms with van der Waals surface area (Å²) in [5.41, 5.74) is 2.97. The maximum atomic E-state index is 13.3. The minimum Gasteiger partial charge on any atom is -0.368 e. The number of rotatable bonds is 3. The van der Waals surface area contributed by atoms with Crippen LogP contribution < -0.4 is 5.32 Å². The number of amides is 1. The van der Waals surface area contributed by atoms with E-state index in [0.29, 0.717) is 6.61 Å². The van der Waals surface area contributed by atoms with E-state index >= 15 is 0 Å². The SMILES string of the molecule is CC1(C)Cc2c(cnn2-c2ccc(F)cc2)[C@H](NC(=O)[C@H]2CCCO2)C1. The molecule has 0 spiro atoms. The molecule has 2 aliphatic rings. The Bertz CT molecular complexity index is 807. The molecule has 1 fully saturated rings. The third-order valence-corrected chi connectivity index (χ3v) is 5.29. The summed E-state index contributed by atoms with van der Waals surface area (Å²) in [7, 11) is 0. The van der Waals surface area contributed by atoms with Gasteiger partial charge in [0.2, 0.25) is 5.91 Å². The number of nitrogens with zero attached hydrogens (tertiary/aromatic N) is 2. The van der Waals surface area contributed by atoms with Crippen molar-refractivity contribution in [2.75, 3.05) is 6.61 Å². The van der Waals surface area contributed by atoms with Gasteiger partial charge in [-0.2, -0.15) is 5.10 Å². The molecule has 26 heavy (non-hydrogen) atoms. The quantitative estimate of drug-likeness (QED) is 0.917. The van der Waals surface area contributed by atoms with Crippen molar-refractivity contribution in [3.8, 4) is 5.69 Å². The Kier molecular flexibility index (Phi) is 4.31. The molecule has 1 saturated heterocycles. The molecule has 1 aromatic carbocycles. The monoisotopic (exact) mass is 357 g/mol. The van der Waals surface area contributed by atoms with Gasteiger partial charge in [0.15, 0.2) is 0 Å². The van der Waals surface area contributed by atoms with E-state index in [2.05, 4.69) is 24.3 Å². The Hall–Kier alpha value is -2.21. The summed E-state index contributed by atoms with van der Waals surface area (Å²) in [5.74, 6) is -0.303. The van der Waals surface area contributed by atoms with Crippen molar-refractivity contribution in [3.63, 3.8) is 0 Å². The zero-order valence-corrected chi connectivity index (χ0v) is 15.2. The summed E-state index contributed by atoms with van der Waals surface area (Å²) < 4.78 is 20.6. The van der Waals surface area contributed by atoms with E-state index < -0.39 is 0 Å². The molecule has 5 nitrogen and oxygen atoms in total. The number of ether oxygens (including phenoxy) is 1. The normalized spacial score (nSPS) is 24.3. The zero-order valence-electron chi connectivity index (χ0n) is 15.2. The lowest BCUT2D eigenvalue weighted by molar-refractivity contribution is -0.131. The summed E-state index contributed by atoms with van der Waals surface area (Å²) >= 11 is 0. The topological polar surface area (TPSA) is 56.2 Å². The van der Waals surface area contributed by atoms with Gasteiger partial charge in [-0.15, -0.1) is 0 Å². The van der Waals surface area contributed by atoms with E-state index in [1.54, 1.807) is 12.1 Å². The smallest absolute Gasteiger partial charge is 0.249 e. The first kappa shape index (κ1) is 17.2. The van der Waals surface area contributed by atoms with Crippen molar-refractivity contribution in [2.45, 2.75) is 51.7 Å². The van der Waals surface area contributed by atoms with E-state index in [1.165, 1.54) is 12.1 Å². The fourth-order valence-electron chi connectivity index (χ4n) is 4.03. The Balaban J connectivity index is 1.65. The second kappa shape index (κ2) is 6.50. The lowest BCUT2D eigenvalue weighted by Gasteiger charge is -2.36. The molecular formula is C20H24FN3O2. The predicted molar refractivity (Wildman–Crippen MR) is 95.5 cm³/mol. The van der Waals surface area contributed by atoms with Gasteiger partial charge in [0.25, 0.3) is 0 Å². The third-order valence-electron chi connectivity index (χ3n) is 5.29. The van der Waals surface area contributed by atoms with Crippen LogP contribution in [0.3, 0.4) is 0 Å². The molecule has 2 atom stereocenters. The molecule has 2 heterocycles. The van der Waals surface area contributed by atoms with Crippen molar-refractivity contribution >= 4 is 5.91 Å². The highest BCUT2D eigenvalue weighted by Gasteiger charge is 2.37. The maximum Gasteiger partial charge on any atom is 0.249 e. The Morgan fingerprint density at radius 3 is 2.81 bits per heavy atom. The highest BCUT2D eigenvalue weighted by atomic mass is 19.1. The lowest BCUT2D eigenvalue weighted by Crippen LogP contribution is -2.41. The summed E-state index contributed by atoms with van der Waals surface area (Å²) in [6.45, 7) is 5.05. The van der Waals surface area contributed by atoms with Crippen LogP contribution in [0.25, 0.3) is 5.69 Å². The van der Waals surface area contributed by atoms with E-state index in [-0.39, 0.29) is 29.3 Å². The van der Waals surface area contributed by atoms with Crippen molar-refractivity contribution in [2.24, 2.45) is 5.41 Å². The van der Waals surface area contributed by atoms with Gasteiger partial charge in [-0.25, -0.2) is 9.07 Å². The molecule has 1 aromatic heterocycles. The van der Waals surface area contributed by atoms with Crippen LogP contribution >= 0.6 is 0 Å². The third kappa shape index (κ3) is 3.26. The number of carbonyl (C=O) groups is 1. The molecule has 0 unspecified atom stereocenters. The number of benzene rings is 1. The van der Waals surface area contributed by atoms with Gasteiger partial charge in [0, 0.05) is 12.2 Å². The number of hydrogen-bond acceptors (Lipinski definition) is 3. The molecule has 4 rings (SSSR count). The minimum absolute atomic E-state index is 0.0271. The molecular weight excluding hydrogens is 333 g/mol. The van der Waals surface area contributed by atoms with Gasteiger partial charge < -0.3 is 10.1 Å². The van der Waals surface area contributed by atoms with Gasteiger partial charge >= 0.3 is 0 Å². The molecule has 1 amide bonds. The fourth-order valence-corrected chi connectivity index (χ4v) is 4.03. The Morgan fingerprint density at radius 2 is 2.12 bits per heavy atom. The number of aromatic nitrogens is 2. The van der Waals surface area contributed by atoms with E-state index in [9.17, 15) is 9.18 Å². The molecule has 1 aliphatic carbocycles. The van der Waals surface area contributed by atoms with Gasteiger partial charge in [-0.1, -0.05) is 13.8 Å². The van der Waals surface area contributed by atoms with Gasteiger partial charge in [0.05, 0.1) is 23.6 Å². The van der Waals surface area contributed by atoms with E-state index in [0.717, 1.165) is 42.6 Å². The second-order valence-electron chi connectivity index (χ2n) is 8.04. The van der Waals surface area contributed by atoms with Crippen LogP contribution in [0.1, 0.15) is 50.4 Å². The fraction of sp³-hybridized carbons (Fsp3) is 0.500. The average Bonchev–Trinajstić information content (AvgIpc) is 3.24. The van der Waals surface area contributed by atoms with Gasteiger partial charge in [0.1, 0.15) is 11.9 Å². The van der Waals surface area contributed by atoms with Gasteiger partial charge in [-0.05, 0) is 55.4 Å². The number of nitrogens with one attached hydrogen (secondary N) is 1. The lowest BCUT2D eigenvalue weighted by atomic mass is 9.74. The van der Waals surface area contributed by atoms with Crippen LogP contribution in [0, 0.1) is 11.2 Å². The van der Waals surface area contributed by atoms with Crippen LogP contribution in [-0.2, 0) is 16.0 Å². The first-order valence-electron chi connectivity index (χ1n) is 9.18. The highest BCUT2D eigenvalue weighted by Crippen LogP contribution is 2.41. The molecule has 6 heteroatoms. The second-order valence-corrected chi connectivity index (χ2v) is 8.04. The van der Waals surface area contributed by atoms with E-state index in [1.807, 2.05) is 10.9 Å². The number of carbonyl (C=O) groups excluding carboxylic acids is 1. The summed E-state index contributed by atoms with van der Waals surface area (Å²) in [6.07, 6.45) is 4.91. The number of halogens is 1. The molecule has 0 bridgehead atoms. The first-order valence-corrected chi connectivity index (χ1v) is 9.18. The van der Waals surface area contributed by atoms with Crippen molar-refractivity contribution in [1.29, 1.82) is 0 Å². The van der Waals surface area contributed by atoms with Crippen LogP contribution in [0.4, 0.5) is 4.39 Å². The highest BCUT2D eigenvalue weighted by molar-refractivity contribution is 5.81. The van der Waals surface area contributed by atoms with E-state index in [4.69, 9.17) is 4.74 Å². The van der Waals surface area contributed by atoms with Crippen LogP contribution in [0.15, 0.2) is 30.5 Å². The molecule has 138 valence electrons. The molecule has 0 radical (unpaired) electrons. The van der Waals surface area contributed by atoms with Gasteiger partial charge in [-0.3, -0.25) is 4.79 Å². The minimum atomic E-state index is -0.337. The molecule has 0 saturated carbocycles. The summed E-state index contributed by atoms with van der Waals surface area (Å²) in [6, 6.07) is 6.25. The average molecular weight is 357 g/mol. The zero-order chi connectivity index (χ0) is 18.3. The molecule has 1 aliphatic heterocycles. The predicted octanol–water partition coefficient (Wildman–Crippen LogP) is 3.32. The Morgan fingerprint density at radius 1 is 1.35 bits per heavy atom. The standard InChI is InChI=1S/C20H24FN3O2/c1-20(2)10-16(23-19(25)18-4-3-9-26-18)15-12-22-24(17(15)11-20)14-7-5-13(21)6-8-14/h5-8,12,16,18H,3-4,9-11H2,1-2H3,(H,23,25)/t16-,18-/m1/s1. The van der Waals surface area contributed by atoms with Crippen molar-refractivity contribution in [1.82, 2.24) is 15.1 Å². The number of fused-ring (bicyclic) bond motifs is 1. The first-order chi connectivity index (χ1) is 12.4.